The van der Waals surface area contributed by atoms with Gasteiger partial charge in [-0.2, -0.15) is 0 Å². The van der Waals surface area contributed by atoms with Gasteiger partial charge in [0.1, 0.15) is 0 Å². The highest BCUT2D eigenvalue weighted by Gasteiger charge is 2.27. The molecule has 1 heteroatoms. The molecule has 0 aliphatic heterocycles. The Kier molecular flexibility index (Phi) is 2.50. The Morgan fingerprint density at radius 2 is 2.50 bits per heavy atom. The fourth-order valence-electron chi connectivity index (χ4n) is 1.69. The molecule has 0 bridgehead atoms. The predicted molar refractivity (Wildman–Crippen MR) is 45.0 cm³/mol. The van der Waals surface area contributed by atoms with Gasteiger partial charge in [0.25, 0.3) is 0 Å². The second kappa shape index (κ2) is 3.20. The standard InChI is InChI=1S/C9H17N/c1-4-9(10-3)8-6-5-7(8)2/h8-10H,2,4-6H2,1,3H3/t8-,9-/m1/s1. The van der Waals surface area contributed by atoms with Crippen LogP contribution in [0.15, 0.2) is 12.2 Å². The molecular formula is C9H17N. The summed E-state index contributed by atoms with van der Waals surface area (Å²) >= 11 is 0. The largest absolute Gasteiger partial charge is 0.316 e. The molecule has 0 saturated heterocycles. The van der Waals surface area contributed by atoms with Crippen LogP contribution >= 0.6 is 0 Å². The summed E-state index contributed by atoms with van der Waals surface area (Å²) in [5.41, 5.74) is 1.45. The molecule has 0 aromatic carbocycles. The number of hydrogen-bond acceptors (Lipinski definition) is 1. The summed E-state index contributed by atoms with van der Waals surface area (Å²) in [7, 11) is 2.04. The normalized spacial score (nSPS) is 27.8. The van der Waals surface area contributed by atoms with Crippen LogP contribution in [0.5, 0.6) is 0 Å². The van der Waals surface area contributed by atoms with Crippen LogP contribution in [-0.4, -0.2) is 13.1 Å². The van der Waals surface area contributed by atoms with E-state index in [2.05, 4.69) is 18.8 Å². The van der Waals surface area contributed by atoms with Crippen LogP contribution in [0, 0.1) is 5.92 Å². The van der Waals surface area contributed by atoms with E-state index < -0.39 is 0 Å². The molecule has 58 valence electrons. The highest BCUT2D eigenvalue weighted by Crippen LogP contribution is 2.35. The second-order valence-corrected chi connectivity index (χ2v) is 3.11. The van der Waals surface area contributed by atoms with E-state index in [1.54, 1.807) is 0 Å². The first-order chi connectivity index (χ1) is 4.79. The van der Waals surface area contributed by atoms with Crippen molar-refractivity contribution in [2.75, 3.05) is 7.05 Å². The molecule has 0 unspecified atom stereocenters. The molecule has 1 fully saturated rings. The van der Waals surface area contributed by atoms with Gasteiger partial charge in [-0.3, -0.25) is 0 Å². The third-order valence-electron chi connectivity index (χ3n) is 2.60. The Morgan fingerprint density at radius 3 is 2.60 bits per heavy atom. The zero-order chi connectivity index (χ0) is 7.56. The minimum atomic E-state index is 0.682. The minimum absolute atomic E-state index is 0.682. The molecular weight excluding hydrogens is 122 g/mol. The lowest BCUT2D eigenvalue weighted by atomic mass is 9.75. The van der Waals surface area contributed by atoms with Crippen LogP contribution in [0.25, 0.3) is 0 Å². The van der Waals surface area contributed by atoms with E-state index in [0.717, 1.165) is 5.92 Å². The lowest BCUT2D eigenvalue weighted by Gasteiger charge is -2.35. The number of rotatable bonds is 3. The third-order valence-corrected chi connectivity index (χ3v) is 2.60. The van der Waals surface area contributed by atoms with E-state index in [1.807, 2.05) is 7.05 Å². The summed E-state index contributed by atoms with van der Waals surface area (Å²) < 4.78 is 0. The van der Waals surface area contributed by atoms with Crippen LogP contribution in [-0.2, 0) is 0 Å². The molecule has 1 saturated carbocycles. The van der Waals surface area contributed by atoms with E-state index in [0.29, 0.717) is 6.04 Å². The zero-order valence-electron chi connectivity index (χ0n) is 6.98. The Hall–Kier alpha value is -0.300. The first-order valence-electron chi connectivity index (χ1n) is 4.14. The first-order valence-corrected chi connectivity index (χ1v) is 4.14. The maximum atomic E-state index is 4.02. The van der Waals surface area contributed by atoms with Gasteiger partial charge < -0.3 is 5.32 Å². The lowest BCUT2D eigenvalue weighted by molar-refractivity contribution is 0.322. The SMILES string of the molecule is C=C1CC[C@H]1[C@@H](CC)NC. The molecule has 10 heavy (non-hydrogen) atoms. The fourth-order valence-corrected chi connectivity index (χ4v) is 1.69. The Bertz CT molecular complexity index is 125. The van der Waals surface area contributed by atoms with Gasteiger partial charge >= 0.3 is 0 Å². The van der Waals surface area contributed by atoms with Crippen molar-refractivity contribution in [2.24, 2.45) is 5.92 Å². The number of hydrogen-bond donors (Lipinski definition) is 1. The summed E-state index contributed by atoms with van der Waals surface area (Å²) in [4.78, 5) is 0. The molecule has 1 N–H and O–H groups in total. The molecule has 0 aromatic rings. The molecule has 1 nitrogen and oxygen atoms in total. The molecule has 0 amide bonds. The predicted octanol–water partition coefficient (Wildman–Crippen LogP) is 1.95. The van der Waals surface area contributed by atoms with Gasteiger partial charge in [0.2, 0.25) is 0 Å². The highest BCUT2D eigenvalue weighted by atomic mass is 14.9. The van der Waals surface area contributed by atoms with Crippen molar-refractivity contribution in [2.45, 2.75) is 32.2 Å². The summed E-state index contributed by atoms with van der Waals surface area (Å²) in [6.45, 7) is 6.25. The number of nitrogens with one attached hydrogen (secondary N) is 1. The quantitative estimate of drug-likeness (QED) is 0.589. The maximum absolute atomic E-state index is 4.02. The van der Waals surface area contributed by atoms with Crippen molar-refractivity contribution in [3.05, 3.63) is 12.2 Å². The summed E-state index contributed by atoms with van der Waals surface area (Å²) in [6.07, 6.45) is 3.82. The zero-order valence-corrected chi connectivity index (χ0v) is 6.98. The van der Waals surface area contributed by atoms with Crippen LogP contribution in [0.4, 0.5) is 0 Å². The monoisotopic (exact) mass is 139 g/mol. The van der Waals surface area contributed by atoms with Gasteiger partial charge in [0, 0.05) is 6.04 Å². The summed E-state index contributed by atoms with van der Waals surface area (Å²) in [6, 6.07) is 0.682. The van der Waals surface area contributed by atoms with Crippen LogP contribution in [0.1, 0.15) is 26.2 Å². The van der Waals surface area contributed by atoms with Crippen molar-refractivity contribution in [1.29, 1.82) is 0 Å². The topological polar surface area (TPSA) is 12.0 Å². The van der Waals surface area contributed by atoms with Crippen molar-refractivity contribution in [1.82, 2.24) is 5.32 Å². The Morgan fingerprint density at radius 1 is 1.80 bits per heavy atom. The summed E-state index contributed by atoms with van der Waals surface area (Å²) in [5, 5.41) is 3.32. The van der Waals surface area contributed by atoms with Crippen LogP contribution in [0.3, 0.4) is 0 Å². The third kappa shape index (κ3) is 1.24. The Balaban J connectivity index is 2.38. The van der Waals surface area contributed by atoms with Gasteiger partial charge in [-0.25, -0.2) is 0 Å². The molecule has 0 spiro atoms. The molecule has 1 aliphatic rings. The molecule has 0 aromatic heterocycles. The van der Waals surface area contributed by atoms with Gasteiger partial charge in [-0.15, -0.1) is 0 Å². The van der Waals surface area contributed by atoms with Crippen molar-refractivity contribution in [3.8, 4) is 0 Å². The minimum Gasteiger partial charge on any atom is -0.316 e. The molecule has 1 rings (SSSR count). The highest BCUT2D eigenvalue weighted by molar-refractivity contribution is 5.13. The molecule has 0 radical (unpaired) electrons. The van der Waals surface area contributed by atoms with E-state index in [-0.39, 0.29) is 0 Å². The first kappa shape index (κ1) is 7.80. The van der Waals surface area contributed by atoms with Gasteiger partial charge in [0.15, 0.2) is 0 Å². The molecule has 1 aliphatic carbocycles. The van der Waals surface area contributed by atoms with E-state index in [9.17, 15) is 0 Å². The maximum Gasteiger partial charge on any atom is 0.0127 e. The lowest BCUT2D eigenvalue weighted by Crippen LogP contribution is -2.37. The van der Waals surface area contributed by atoms with Gasteiger partial charge in [0.05, 0.1) is 0 Å². The van der Waals surface area contributed by atoms with Crippen molar-refractivity contribution in [3.63, 3.8) is 0 Å². The smallest absolute Gasteiger partial charge is 0.0127 e. The average molecular weight is 139 g/mol. The van der Waals surface area contributed by atoms with Crippen LogP contribution < -0.4 is 5.32 Å². The van der Waals surface area contributed by atoms with Gasteiger partial charge in [-0.05, 0) is 32.2 Å². The average Bonchev–Trinajstić information content (AvgIpc) is 1.96. The summed E-state index contributed by atoms with van der Waals surface area (Å²) in [5.74, 6) is 0.773. The van der Waals surface area contributed by atoms with E-state index >= 15 is 0 Å². The Labute approximate surface area is 63.5 Å². The molecule has 0 heterocycles. The fraction of sp³-hybridized carbons (Fsp3) is 0.778. The molecule has 2 atom stereocenters. The van der Waals surface area contributed by atoms with E-state index in [4.69, 9.17) is 0 Å². The van der Waals surface area contributed by atoms with Crippen molar-refractivity contribution >= 4 is 0 Å². The van der Waals surface area contributed by atoms with Gasteiger partial charge in [-0.1, -0.05) is 19.1 Å². The second-order valence-electron chi connectivity index (χ2n) is 3.11. The van der Waals surface area contributed by atoms with Crippen LogP contribution in [0.2, 0.25) is 0 Å². The van der Waals surface area contributed by atoms with E-state index in [1.165, 1.54) is 24.8 Å². The van der Waals surface area contributed by atoms with Crippen molar-refractivity contribution < 1.29 is 0 Å².